The molecule has 0 saturated carbocycles. The van der Waals surface area contributed by atoms with E-state index in [1.165, 1.54) is 12.0 Å². The van der Waals surface area contributed by atoms with Gasteiger partial charge in [0, 0.05) is 23.5 Å². The van der Waals surface area contributed by atoms with E-state index in [0.717, 1.165) is 0 Å². The second kappa shape index (κ2) is 7.86. The summed E-state index contributed by atoms with van der Waals surface area (Å²) in [7, 11) is 2.93. The Kier molecular flexibility index (Phi) is 6.10. The van der Waals surface area contributed by atoms with Crippen molar-refractivity contribution in [2.45, 2.75) is 18.5 Å². The predicted molar refractivity (Wildman–Crippen MR) is 86.9 cm³/mol. The van der Waals surface area contributed by atoms with E-state index in [1.807, 2.05) is 0 Å². The number of nitrogens with one attached hydrogen (secondary N) is 1. The normalized spacial score (nSPS) is 15.5. The smallest absolute Gasteiger partial charge is 0.328 e. The monoisotopic (exact) mass is 360 g/mol. The lowest BCUT2D eigenvalue weighted by Gasteiger charge is -2.35. The molecular weight excluding hydrogens is 343 g/mol. The molecule has 2 amide bonds. The van der Waals surface area contributed by atoms with Crippen molar-refractivity contribution < 1.29 is 19.1 Å². The van der Waals surface area contributed by atoms with Gasteiger partial charge in [-0.2, -0.15) is 0 Å². The molecule has 23 heavy (non-hydrogen) atoms. The zero-order valence-electron chi connectivity index (χ0n) is 12.8. The number of methoxy groups -OCH3 is 1. The lowest BCUT2D eigenvalue weighted by atomic mass is 10.1. The van der Waals surface area contributed by atoms with Gasteiger partial charge in [-0.3, -0.25) is 0 Å². The van der Waals surface area contributed by atoms with Crippen molar-refractivity contribution in [1.29, 1.82) is 0 Å². The quantitative estimate of drug-likeness (QED) is 0.816. The highest BCUT2D eigenvalue weighted by atomic mass is 35.5. The number of nitrogens with zero attached hydrogens (tertiary/aromatic N) is 1. The van der Waals surface area contributed by atoms with Gasteiger partial charge in [-0.1, -0.05) is 29.3 Å². The molecule has 1 aliphatic heterocycles. The molecule has 0 bridgehead atoms. The standard InChI is InChI=1S/C15H18Cl2N2O4/c1-19(11-7-23-8-11)15(21)18-13(14(20)22-2)5-9-3-4-10(16)6-12(9)17/h3-4,6,11,13H,5,7-8H2,1-2H3,(H,18,21)/t13-/m1/s1. The van der Waals surface area contributed by atoms with Crippen LogP contribution in [0.5, 0.6) is 0 Å². The van der Waals surface area contributed by atoms with E-state index in [0.29, 0.717) is 28.8 Å². The molecule has 1 aliphatic rings. The van der Waals surface area contributed by atoms with Crippen LogP contribution in [0.15, 0.2) is 18.2 Å². The van der Waals surface area contributed by atoms with E-state index >= 15 is 0 Å². The minimum absolute atomic E-state index is 0.0208. The molecule has 0 aromatic heterocycles. The van der Waals surface area contributed by atoms with Gasteiger partial charge in [0.05, 0.1) is 26.4 Å². The van der Waals surface area contributed by atoms with Gasteiger partial charge in [0.2, 0.25) is 0 Å². The molecule has 1 saturated heterocycles. The molecule has 0 radical (unpaired) electrons. The lowest BCUT2D eigenvalue weighted by Crippen LogP contribution is -2.56. The molecule has 0 aliphatic carbocycles. The number of urea groups is 1. The maximum Gasteiger partial charge on any atom is 0.328 e. The van der Waals surface area contributed by atoms with Gasteiger partial charge in [0.15, 0.2) is 0 Å². The number of hydrogen-bond acceptors (Lipinski definition) is 4. The van der Waals surface area contributed by atoms with E-state index in [1.54, 1.807) is 25.2 Å². The fraction of sp³-hybridized carbons (Fsp3) is 0.467. The second-order valence-electron chi connectivity index (χ2n) is 5.27. The molecule has 1 heterocycles. The first-order valence-electron chi connectivity index (χ1n) is 7.05. The summed E-state index contributed by atoms with van der Waals surface area (Å²) >= 11 is 12.0. The van der Waals surface area contributed by atoms with Gasteiger partial charge in [0.1, 0.15) is 6.04 Å². The Morgan fingerprint density at radius 2 is 2.13 bits per heavy atom. The SMILES string of the molecule is COC(=O)[C@@H](Cc1ccc(Cl)cc1Cl)NC(=O)N(C)C1COC1. The lowest BCUT2D eigenvalue weighted by molar-refractivity contribution is -0.142. The Labute approximate surface area is 144 Å². The second-order valence-corrected chi connectivity index (χ2v) is 6.11. The van der Waals surface area contributed by atoms with Crippen molar-refractivity contribution in [3.05, 3.63) is 33.8 Å². The number of hydrogen-bond donors (Lipinski definition) is 1. The number of carbonyl (C=O) groups excluding carboxylic acids is 2. The van der Waals surface area contributed by atoms with Gasteiger partial charge >= 0.3 is 12.0 Å². The molecule has 0 spiro atoms. The highest BCUT2D eigenvalue weighted by molar-refractivity contribution is 6.35. The van der Waals surface area contributed by atoms with Crippen LogP contribution >= 0.6 is 23.2 Å². The van der Waals surface area contributed by atoms with Crippen LogP contribution in [0.25, 0.3) is 0 Å². The van der Waals surface area contributed by atoms with Crippen molar-refractivity contribution in [1.82, 2.24) is 10.2 Å². The van der Waals surface area contributed by atoms with Crippen LogP contribution < -0.4 is 5.32 Å². The van der Waals surface area contributed by atoms with Gasteiger partial charge in [0.25, 0.3) is 0 Å². The van der Waals surface area contributed by atoms with Crippen LogP contribution in [0.2, 0.25) is 10.0 Å². The van der Waals surface area contributed by atoms with Crippen LogP contribution in [-0.2, 0) is 20.7 Å². The fourth-order valence-electron chi connectivity index (χ4n) is 2.11. The minimum atomic E-state index is -0.838. The Balaban J connectivity index is 2.07. The van der Waals surface area contributed by atoms with Gasteiger partial charge < -0.3 is 19.7 Å². The Morgan fingerprint density at radius 1 is 1.43 bits per heavy atom. The van der Waals surface area contributed by atoms with E-state index < -0.39 is 12.0 Å². The van der Waals surface area contributed by atoms with Crippen LogP contribution in [-0.4, -0.2) is 56.4 Å². The molecule has 8 heteroatoms. The largest absolute Gasteiger partial charge is 0.467 e. The molecule has 0 unspecified atom stereocenters. The average Bonchev–Trinajstić information content (AvgIpc) is 2.46. The summed E-state index contributed by atoms with van der Waals surface area (Å²) in [6, 6.07) is 3.81. The molecule has 126 valence electrons. The van der Waals surface area contributed by atoms with Crippen LogP contribution in [0.1, 0.15) is 5.56 Å². The third-order valence-corrected chi connectivity index (χ3v) is 4.30. The van der Waals surface area contributed by atoms with E-state index in [4.69, 9.17) is 32.7 Å². The van der Waals surface area contributed by atoms with E-state index in [-0.39, 0.29) is 18.5 Å². The number of benzene rings is 1. The third-order valence-electron chi connectivity index (χ3n) is 3.71. The van der Waals surface area contributed by atoms with Crippen molar-refractivity contribution in [2.24, 2.45) is 0 Å². The number of halogens is 2. The van der Waals surface area contributed by atoms with Crippen molar-refractivity contribution in [3.8, 4) is 0 Å². The molecule has 1 N–H and O–H groups in total. The summed E-state index contributed by atoms with van der Waals surface area (Å²) in [6.45, 7) is 0.992. The number of rotatable bonds is 5. The Bertz CT molecular complexity index is 593. The number of esters is 1. The Morgan fingerprint density at radius 3 is 2.65 bits per heavy atom. The minimum Gasteiger partial charge on any atom is -0.467 e. The van der Waals surface area contributed by atoms with Crippen LogP contribution in [0.3, 0.4) is 0 Å². The molecule has 2 rings (SSSR count). The van der Waals surface area contributed by atoms with Gasteiger partial charge in [-0.25, -0.2) is 9.59 Å². The zero-order valence-corrected chi connectivity index (χ0v) is 14.4. The maximum absolute atomic E-state index is 12.2. The van der Waals surface area contributed by atoms with Crippen molar-refractivity contribution in [3.63, 3.8) is 0 Å². The molecule has 6 nitrogen and oxygen atoms in total. The highest BCUT2D eigenvalue weighted by Crippen LogP contribution is 2.22. The number of likely N-dealkylation sites (N-methyl/N-ethyl adjacent to an activating group) is 1. The first kappa shape index (κ1) is 17.8. The van der Waals surface area contributed by atoms with Crippen molar-refractivity contribution >= 4 is 35.2 Å². The van der Waals surface area contributed by atoms with Gasteiger partial charge in [-0.05, 0) is 17.7 Å². The number of carbonyl (C=O) groups is 2. The number of ether oxygens (including phenoxy) is 2. The Hall–Kier alpha value is -1.50. The summed E-state index contributed by atoms with van der Waals surface area (Å²) in [6.07, 6.45) is 0.212. The maximum atomic E-state index is 12.2. The van der Waals surface area contributed by atoms with Crippen LogP contribution in [0.4, 0.5) is 4.79 Å². The molecular formula is C15H18Cl2N2O4. The molecule has 1 aromatic rings. The number of amides is 2. The van der Waals surface area contributed by atoms with Crippen LogP contribution in [0, 0.1) is 0 Å². The summed E-state index contributed by atoms with van der Waals surface area (Å²) in [5.41, 5.74) is 0.696. The summed E-state index contributed by atoms with van der Waals surface area (Å²) < 4.78 is 9.82. The van der Waals surface area contributed by atoms with E-state index in [2.05, 4.69) is 5.32 Å². The first-order chi connectivity index (χ1) is 10.9. The average molecular weight is 361 g/mol. The molecule has 1 aromatic carbocycles. The zero-order chi connectivity index (χ0) is 17.0. The third kappa shape index (κ3) is 4.50. The summed E-state index contributed by atoms with van der Waals surface area (Å²) in [5, 5.41) is 3.61. The fourth-order valence-corrected chi connectivity index (χ4v) is 2.59. The van der Waals surface area contributed by atoms with Gasteiger partial charge in [-0.15, -0.1) is 0 Å². The molecule has 1 atom stereocenters. The highest BCUT2D eigenvalue weighted by Gasteiger charge is 2.30. The predicted octanol–water partition coefficient (Wildman–Crippen LogP) is 2.12. The van der Waals surface area contributed by atoms with E-state index in [9.17, 15) is 9.59 Å². The molecule has 1 fully saturated rings. The van der Waals surface area contributed by atoms with Crippen molar-refractivity contribution in [2.75, 3.05) is 27.4 Å². The topological polar surface area (TPSA) is 67.9 Å². The summed E-state index contributed by atoms with van der Waals surface area (Å²) in [4.78, 5) is 25.7. The first-order valence-corrected chi connectivity index (χ1v) is 7.80. The summed E-state index contributed by atoms with van der Waals surface area (Å²) in [5.74, 6) is -0.539.